The third-order valence-electron chi connectivity index (χ3n) is 4.17. The zero-order valence-corrected chi connectivity index (χ0v) is 11.9. The van der Waals surface area contributed by atoms with Gasteiger partial charge in [-0.25, -0.2) is 9.97 Å². The Labute approximate surface area is 125 Å². The van der Waals surface area contributed by atoms with E-state index in [0.717, 1.165) is 12.8 Å². The van der Waals surface area contributed by atoms with Gasteiger partial charge in [-0.15, -0.1) is 0 Å². The molecular formula is C14H17F3N4O. The summed E-state index contributed by atoms with van der Waals surface area (Å²) in [6.07, 6.45) is -1.55. The van der Waals surface area contributed by atoms with Gasteiger partial charge in [0.15, 0.2) is 0 Å². The predicted molar refractivity (Wildman–Crippen MR) is 73.3 cm³/mol. The van der Waals surface area contributed by atoms with Crippen molar-refractivity contribution in [1.29, 1.82) is 0 Å². The second-order valence-corrected chi connectivity index (χ2v) is 5.76. The summed E-state index contributed by atoms with van der Waals surface area (Å²) in [7, 11) is 0. The van der Waals surface area contributed by atoms with Crippen LogP contribution in [0.4, 0.5) is 19.1 Å². The van der Waals surface area contributed by atoms with Crippen LogP contribution in [-0.2, 0) is 11.2 Å². The smallest absolute Gasteiger partial charge is 0.354 e. The lowest BCUT2D eigenvalue weighted by atomic mass is 10.1. The number of carbonyl (C=O) groups excluding carboxylic acids is 1. The van der Waals surface area contributed by atoms with Gasteiger partial charge in [-0.05, 0) is 25.3 Å². The summed E-state index contributed by atoms with van der Waals surface area (Å²) in [5.74, 6) is 0.439. The maximum absolute atomic E-state index is 12.3. The first-order chi connectivity index (χ1) is 10.4. The first kappa shape index (κ1) is 15.1. The third-order valence-corrected chi connectivity index (χ3v) is 4.17. The molecule has 0 radical (unpaired) electrons. The van der Waals surface area contributed by atoms with Gasteiger partial charge in [-0.1, -0.05) is 0 Å². The molecule has 0 aliphatic carbocycles. The van der Waals surface area contributed by atoms with Crippen LogP contribution in [0.3, 0.4) is 0 Å². The van der Waals surface area contributed by atoms with Gasteiger partial charge in [-0.2, -0.15) is 13.2 Å². The number of halogens is 3. The first-order valence-electron chi connectivity index (χ1n) is 7.36. The minimum absolute atomic E-state index is 0.00502. The molecule has 2 aliphatic rings. The number of nitrogens with one attached hydrogen (secondary N) is 1. The van der Waals surface area contributed by atoms with Gasteiger partial charge in [0.2, 0.25) is 11.9 Å². The zero-order valence-electron chi connectivity index (χ0n) is 11.9. The van der Waals surface area contributed by atoms with Crippen molar-refractivity contribution in [1.82, 2.24) is 15.3 Å². The number of aromatic nitrogens is 2. The van der Waals surface area contributed by atoms with E-state index in [1.807, 2.05) is 4.90 Å². The van der Waals surface area contributed by atoms with Gasteiger partial charge in [0.05, 0.1) is 0 Å². The van der Waals surface area contributed by atoms with E-state index >= 15 is 0 Å². The minimum atomic E-state index is -4.19. The molecule has 0 aromatic carbocycles. The van der Waals surface area contributed by atoms with Crippen LogP contribution in [-0.4, -0.2) is 40.7 Å². The van der Waals surface area contributed by atoms with E-state index in [1.165, 1.54) is 12.3 Å². The number of hydrogen-bond acceptors (Lipinski definition) is 4. The number of fused-ring (bicyclic) bond motifs is 2. The van der Waals surface area contributed by atoms with Gasteiger partial charge in [0.1, 0.15) is 0 Å². The number of nitrogens with zero attached hydrogens (tertiary/aromatic N) is 3. The van der Waals surface area contributed by atoms with Gasteiger partial charge < -0.3 is 10.2 Å². The lowest BCUT2D eigenvalue weighted by molar-refractivity contribution is -0.134. The number of hydrogen-bond donors (Lipinski definition) is 1. The summed E-state index contributed by atoms with van der Waals surface area (Å²) in [5.41, 5.74) is 0.380. The third kappa shape index (κ3) is 3.31. The second kappa shape index (κ2) is 5.73. The van der Waals surface area contributed by atoms with Gasteiger partial charge in [-0.3, -0.25) is 4.79 Å². The highest BCUT2D eigenvalue weighted by molar-refractivity contribution is 5.78. The van der Waals surface area contributed by atoms with Crippen molar-refractivity contribution in [2.45, 2.75) is 50.4 Å². The SMILES string of the molecule is O=C1C[C@@H]2CC[C@H](CN1)N2c1nccc(CCC(F)(F)F)n1. The average molecular weight is 314 g/mol. The van der Waals surface area contributed by atoms with Crippen molar-refractivity contribution in [3.63, 3.8) is 0 Å². The summed E-state index contributed by atoms with van der Waals surface area (Å²) in [6.45, 7) is 0.533. The first-order valence-corrected chi connectivity index (χ1v) is 7.36. The highest BCUT2D eigenvalue weighted by atomic mass is 19.4. The van der Waals surface area contributed by atoms with E-state index in [2.05, 4.69) is 15.3 Å². The zero-order chi connectivity index (χ0) is 15.7. The Morgan fingerprint density at radius 1 is 1.32 bits per heavy atom. The standard InChI is InChI=1S/C14H17F3N4O/c15-14(16,17)5-3-9-4-6-18-13(20-9)21-10-1-2-11(21)8-19-12(22)7-10/h4,6,10-11H,1-3,5,7-8H2,(H,19,22)/t10-,11+/m0/s1. The number of alkyl halides is 3. The van der Waals surface area contributed by atoms with E-state index in [-0.39, 0.29) is 24.4 Å². The molecule has 2 fully saturated rings. The summed E-state index contributed by atoms with van der Waals surface area (Å²) in [4.78, 5) is 22.1. The van der Waals surface area contributed by atoms with Crippen molar-refractivity contribution in [3.8, 4) is 0 Å². The molecule has 2 aliphatic heterocycles. The summed E-state index contributed by atoms with van der Waals surface area (Å²) >= 11 is 0. The van der Waals surface area contributed by atoms with E-state index in [4.69, 9.17) is 0 Å². The molecule has 120 valence electrons. The normalized spacial score (nSPS) is 25.0. The predicted octanol–water partition coefficient (Wildman–Crippen LogP) is 1.83. The highest BCUT2D eigenvalue weighted by Crippen LogP contribution is 2.31. The Kier molecular flexibility index (Phi) is 3.92. The largest absolute Gasteiger partial charge is 0.389 e. The molecule has 1 aromatic rings. The van der Waals surface area contributed by atoms with Crippen LogP contribution in [0.1, 0.15) is 31.4 Å². The van der Waals surface area contributed by atoms with Crippen molar-refractivity contribution in [2.24, 2.45) is 0 Å². The maximum atomic E-state index is 12.3. The van der Waals surface area contributed by atoms with Crippen LogP contribution in [0.5, 0.6) is 0 Å². The van der Waals surface area contributed by atoms with Crippen LogP contribution in [0, 0.1) is 0 Å². The number of anilines is 1. The quantitative estimate of drug-likeness (QED) is 0.925. The summed E-state index contributed by atoms with van der Waals surface area (Å²) in [5, 5.41) is 2.85. The summed E-state index contributed by atoms with van der Waals surface area (Å²) < 4.78 is 37.0. The van der Waals surface area contributed by atoms with Crippen molar-refractivity contribution in [3.05, 3.63) is 18.0 Å². The van der Waals surface area contributed by atoms with Crippen LogP contribution in [0.15, 0.2) is 12.3 Å². The second-order valence-electron chi connectivity index (χ2n) is 5.76. The van der Waals surface area contributed by atoms with Crippen LogP contribution >= 0.6 is 0 Å². The Morgan fingerprint density at radius 2 is 2.09 bits per heavy atom. The molecule has 0 unspecified atom stereocenters. The molecule has 8 heteroatoms. The van der Waals surface area contributed by atoms with Gasteiger partial charge in [0.25, 0.3) is 0 Å². The molecule has 2 saturated heterocycles. The van der Waals surface area contributed by atoms with E-state index in [0.29, 0.717) is 24.6 Å². The topological polar surface area (TPSA) is 58.1 Å². The fourth-order valence-electron chi connectivity index (χ4n) is 3.12. The molecule has 5 nitrogen and oxygen atoms in total. The number of carbonyl (C=O) groups is 1. The molecule has 22 heavy (non-hydrogen) atoms. The molecule has 3 heterocycles. The van der Waals surface area contributed by atoms with E-state index in [1.54, 1.807) is 0 Å². The van der Waals surface area contributed by atoms with Crippen LogP contribution in [0.25, 0.3) is 0 Å². The fraction of sp³-hybridized carbons (Fsp3) is 0.643. The number of rotatable bonds is 3. The van der Waals surface area contributed by atoms with Gasteiger partial charge >= 0.3 is 6.18 Å². The van der Waals surface area contributed by atoms with Crippen LogP contribution < -0.4 is 10.2 Å². The number of aryl methyl sites for hydroxylation is 1. The lowest BCUT2D eigenvalue weighted by Crippen LogP contribution is -2.39. The molecule has 2 atom stereocenters. The molecule has 2 bridgehead atoms. The molecule has 0 saturated carbocycles. The van der Waals surface area contributed by atoms with Gasteiger partial charge in [0, 0.05) is 43.4 Å². The van der Waals surface area contributed by atoms with E-state index < -0.39 is 12.6 Å². The Bertz CT molecular complexity index is 563. The Balaban J connectivity index is 1.78. The monoisotopic (exact) mass is 314 g/mol. The molecule has 1 aromatic heterocycles. The average Bonchev–Trinajstić information content (AvgIpc) is 2.76. The van der Waals surface area contributed by atoms with E-state index in [9.17, 15) is 18.0 Å². The molecule has 3 rings (SSSR count). The Hall–Kier alpha value is -1.86. The van der Waals surface area contributed by atoms with Crippen LogP contribution in [0.2, 0.25) is 0 Å². The fourth-order valence-corrected chi connectivity index (χ4v) is 3.12. The molecule has 1 amide bonds. The molecule has 0 spiro atoms. The van der Waals surface area contributed by atoms with Crippen molar-refractivity contribution >= 4 is 11.9 Å². The highest BCUT2D eigenvalue weighted by Gasteiger charge is 2.39. The van der Waals surface area contributed by atoms with Crippen molar-refractivity contribution in [2.75, 3.05) is 11.4 Å². The Morgan fingerprint density at radius 3 is 2.86 bits per heavy atom. The molecule has 1 N–H and O–H groups in total. The summed E-state index contributed by atoms with van der Waals surface area (Å²) in [6, 6.07) is 1.66. The molecular weight excluding hydrogens is 297 g/mol. The minimum Gasteiger partial charge on any atom is -0.354 e. The van der Waals surface area contributed by atoms with Crippen molar-refractivity contribution < 1.29 is 18.0 Å². The number of amides is 1. The maximum Gasteiger partial charge on any atom is 0.389 e. The lowest BCUT2D eigenvalue weighted by Gasteiger charge is -2.27.